The minimum atomic E-state index is -5.22. The highest BCUT2D eigenvalue weighted by Gasteiger charge is 2.56. The van der Waals surface area contributed by atoms with Gasteiger partial charge in [0.2, 0.25) is 6.30 Å². The van der Waals surface area contributed by atoms with Crippen LogP contribution in [0.15, 0.2) is 23.1 Å². The average molecular weight is 502 g/mol. The van der Waals surface area contributed by atoms with Gasteiger partial charge in [0.1, 0.15) is 11.4 Å². The number of alkyl halides is 4. The van der Waals surface area contributed by atoms with E-state index in [1.54, 1.807) is 0 Å². The molecule has 0 saturated carbocycles. The van der Waals surface area contributed by atoms with E-state index in [9.17, 15) is 44.7 Å². The predicted octanol–water partition coefficient (Wildman–Crippen LogP) is 5.91. The van der Waals surface area contributed by atoms with E-state index in [1.165, 1.54) is 0 Å². The van der Waals surface area contributed by atoms with Crippen molar-refractivity contribution in [3.05, 3.63) is 58.4 Å². The summed E-state index contributed by atoms with van der Waals surface area (Å²) in [5.74, 6) is -11.8. The van der Waals surface area contributed by atoms with Crippen molar-refractivity contribution in [2.45, 2.75) is 36.8 Å². The summed E-state index contributed by atoms with van der Waals surface area (Å²) in [6.07, 6.45) is -8.45. The van der Waals surface area contributed by atoms with E-state index in [2.05, 4.69) is 12.6 Å². The molecule has 3 rings (SSSR count). The molecule has 1 aliphatic heterocycles. The average Bonchev–Trinajstić information content (AvgIpc) is 2.88. The monoisotopic (exact) mass is 502 g/mol. The number of thiol groups is 1. The van der Waals surface area contributed by atoms with E-state index in [4.69, 9.17) is 0 Å². The highest BCUT2D eigenvalue weighted by Crippen LogP contribution is 2.43. The van der Waals surface area contributed by atoms with Gasteiger partial charge in [-0.05, 0) is 32.0 Å². The van der Waals surface area contributed by atoms with Gasteiger partial charge < -0.3 is 0 Å². The van der Waals surface area contributed by atoms with E-state index >= 15 is 4.39 Å². The number of nitrogens with zero attached hydrogens (tertiary/aromatic N) is 2. The number of benzene rings is 2. The Hall–Kier alpha value is -2.90. The van der Waals surface area contributed by atoms with Crippen LogP contribution in [-0.4, -0.2) is 22.4 Å². The largest absolute Gasteiger partial charge is 0.419 e. The molecule has 33 heavy (non-hydrogen) atoms. The zero-order valence-electron chi connectivity index (χ0n) is 16.4. The lowest BCUT2D eigenvalue weighted by atomic mass is 10.0. The molecule has 1 saturated heterocycles. The van der Waals surface area contributed by atoms with Gasteiger partial charge >= 0.3 is 12.2 Å². The molecule has 0 radical (unpaired) electrons. The smallest absolute Gasteiger partial charge is 0.275 e. The van der Waals surface area contributed by atoms with Crippen molar-refractivity contribution in [3.8, 4) is 0 Å². The molecule has 1 atom stereocenters. The molecule has 1 fully saturated rings. The molecule has 4 nitrogen and oxygen atoms in total. The summed E-state index contributed by atoms with van der Waals surface area (Å²) in [5, 5.41) is 0. The first kappa shape index (κ1) is 24.7. The molecule has 0 spiro atoms. The SMILES string of the molecule is CC1(C)C(=O)N(c2ccc(F)c(C(F)(F)F)c2)C(=O)N1C(F)c1c(F)c(F)c(F)c(S)c1F. The molecule has 0 N–H and O–H groups in total. The second-order valence-electron chi connectivity index (χ2n) is 7.37. The standard InChI is InChI=1S/C19H11F9N2O2S/c1-18(2)16(31)29(6-3-4-8(20)7(5-6)19(26,27)28)17(32)30(18)15(25)9-10(21)12(23)13(24)14(33)11(9)22/h3-5,15,33H,1-2H3. The van der Waals surface area contributed by atoms with Crippen molar-refractivity contribution < 1.29 is 49.1 Å². The molecule has 0 bridgehead atoms. The first-order chi connectivity index (χ1) is 15.0. The van der Waals surface area contributed by atoms with Crippen LogP contribution in [0.2, 0.25) is 0 Å². The van der Waals surface area contributed by atoms with Gasteiger partial charge in [-0.15, -0.1) is 12.6 Å². The van der Waals surface area contributed by atoms with Crippen LogP contribution in [0.4, 0.5) is 50.0 Å². The summed E-state index contributed by atoms with van der Waals surface area (Å²) < 4.78 is 124. The first-order valence-corrected chi connectivity index (χ1v) is 9.21. The lowest BCUT2D eigenvalue weighted by molar-refractivity contribution is -0.140. The Morgan fingerprint density at radius 2 is 1.52 bits per heavy atom. The van der Waals surface area contributed by atoms with Gasteiger partial charge in [-0.2, -0.15) is 13.2 Å². The summed E-state index contributed by atoms with van der Waals surface area (Å²) in [7, 11) is 0. The van der Waals surface area contributed by atoms with Crippen LogP contribution >= 0.6 is 12.6 Å². The molecule has 178 valence electrons. The fourth-order valence-corrected chi connectivity index (χ4v) is 3.48. The number of urea groups is 1. The van der Waals surface area contributed by atoms with E-state index in [0.717, 1.165) is 13.8 Å². The van der Waals surface area contributed by atoms with Gasteiger partial charge in [0.25, 0.3) is 5.91 Å². The summed E-state index contributed by atoms with van der Waals surface area (Å²) in [6, 6.07) is -0.648. The van der Waals surface area contributed by atoms with Gasteiger partial charge in [-0.3, -0.25) is 9.69 Å². The third-order valence-corrected chi connectivity index (χ3v) is 5.37. The number of hydrogen-bond acceptors (Lipinski definition) is 3. The second kappa shape index (κ2) is 7.85. The Balaban J connectivity index is 2.15. The normalized spacial score (nSPS) is 17.2. The summed E-state index contributed by atoms with van der Waals surface area (Å²) >= 11 is 3.30. The van der Waals surface area contributed by atoms with Gasteiger partial charge in [-0.1, -0.05) is 0 Å². The highest BCUT2D eigenvalue weighted by atomic mass is 32.1. The predicted molar refractivity (Wildman–Crippen MR) is 97.6 cm³/mol. The van der Waals surface area contributed by atoms with Crippen molar-refractivity contribution in [3.63, 3.8) is 0 Å². The quantitative estimate of drug-likeness (QED) is 0.142. The molecule has 14 heteroatoms. The van der Waals surface area contributed by atoms with Crippen molar-refractivity contribution >= 4 is 30.3 Å². The zero-order valence-corrected chi connectivity index (χ0v) is 17.3. The van der Waals surface area contributed by atoms with Crippen LogP contribution in [0.25, 0.3) is 0 Å². The highest BCUT2D eigenvalue weighted by molar-refractivity contribution is 7.80. The Kier molecular flexibility index (Phi) is 5.88. The molecule has 2 aromatic carbocycles. The number of hydrogen-bond donors (Lipinski definition) is 1. The van der Waals surface area contributed by atoms with Crippen LogP contribution in [-0.2, 0) is 11.0 Å². The third kappa shape index (κ3) is 3.69. The maximum atomic E-state index is 15.3. The van der Waals surface area contributed by atoms with Crippen LogP contribution in [0.5, 0.6) is 0 Å². The molecule has 1 aliphatic rings. The number of rotatable bonds is 3. The van der Waals surface area contributed by atoms with Crippen LogP contribution in [0.1, 0.15) is 31.3 Å². The summed E-state index contributed by atoms with van der Waals surface area (Å²) in [5.41, 5.74) is -6.72. The summed E-state index contributed by atoms with van der Waals surface area (Å²) in [4.78, 5) is 24.2. The lowest BCUT2D eigenvalue weighted by Crippen LogP contribution is -2.45. The molecule has 0 aromatic heterocycles. The number of amides is 3. The van der Waals surface area contributed by atoms with Gasteiger partial charge in [0.15, 0.2) is 23.3 Å². The molecule has 1 heterocycles. The van der Waals surface area contributed by atoms with E-state index in [1.807, 2.05) is 0 Å². The lowest BCUT2D eigenvalue weighted by Gasteiger charge is -2.31. The van der Waals surface area contributed by atoms with Crippen LogP contribution in [0, 0.1) is 29.1 Å². The van der Waals surface area contributed by atoms with E-state index in [-0.39, 0.29) is 15.9 Å². The topological polar surface area (TPSA) is 40.6 Å². The molecule has 1 unspecified atom stereocenters. The number of carbonyl (C=O) groups is 2. The van der Waals surface area contributed by atoms with Crippen molar-refractivity contribution in [1.29, 1.82) is 0 Å². The van der Waals surface area contributed by atoms with Crippen molar-refractivity contribution in [1.82, 2.24) is 4.90 Å². The Morgan fingerprint density at radius 3 is 2.06 bits per heavy atom. The molecule has 3 amide bonds. The summed E-state index contributed by atoms with van der Waals surface area (Å²) in [6.45, 7) is 1.79. The minimum absolute atomic E-state index is 0.0402. The maximum Gasteiger partial charge on any atom is 0.419 e. The van der Waals surface area contributed by atoms with Crippen LogP contribution in [0.3, 0.4) is 0 Å². The first-order valence-electron chi connectivity index (χ1n) is 8.76. The third-order valence-electron chi connectivity index (χ3n) is 4.98. The maximum absolute atomic E-state index is 15.3. The van der Waals surface area contributed by atoms with Gasteiger partial charge in [0, 0.05) is 0 Å². The zero-order chi connectivity index (χ0) is 25.2. The van der Waals surface area contributed by atoms with Crippen molar-refractivity contribution in [2.75, 3.05) is 4.90 Å². The molecule has 2 aromatic rings. The van der Waals surface area contributed by atoms with E-state index in [0.29, 0.717) is 12.1 Å². The number of halogens is 9. The number of imide groups is 1. The molecular formula is C19H11F9N2O2S. The number of carbonyl (C=O) groups excluding carboxylic acids is 2. The molecule has 0 aliphatic carbocycles. The second-order valence-corrected chi connectivity index (χ2v) is 7.82. The minimum Gasteiger partial charge on any atom is -0.275 e. The number of anilines is 1. The van der Waals surface area contributed by atoms with Crippen LogP contribution < -0.4 is 4.90 Å². The van der Waals surface area contributed by atoms with Gasteiger partial charge in [-0.25, -0.2) is 36.0 Å². The van der Waals surface area contributed by atoms with E-state index < -0.39 is 80.7 Å². The van der Waals surface area contributed by atoms with Crippen molar-refractivity contribution in [2.24, 2.45) is 0 Å². The fraction of sp³-hybridized carbons (Fsp3) is 0.263. The fourth-order valence-electron chi connectivity index (χ4n) is 3.27. The molecular weight excluding hydrogens is 491 g/mol. The Bertz CT molecular complexity index is 1150. The Morgan fingerprint density at radius 1 is 0.939 bits per heavy atom. The van der Waals surface area contributed by atoms with Gasteiger partial charge in [0.05, 0.1) is 21.7 Å². The Labute approximate surface area is 185 Å².